The van der Waals surface area contributed by atoms with Crippen molar-refractivity contribution in [3.8, 4) is 0 Å². The summed E-state index contributed by atoms with van der Waals surface area (Å²) in [5.41, 5.74) is -0.0775. The van der Waals surface area contributed by atoms with Gasteiger partial charge in [-0.2, -0.15) is 0 Å². The highest BCUT2D eigenvalue weighted by Crippen LogP contribution is 2.29. The average Bonchev–Trinajstić information content (AvgIpc) is 1.89. The van der Waals surface area contributed by atoms with Crippen LogP contribution in [0.15, 0.2) is 0 Å². The predicted octanol–water partition coefficient (Wildman–Crippen LogP) is 5.19. The summed E-state index contributed by atoms with van der Waals surface area (Å²) in [5.74, 6) is -0.290. The highest BCUT2D eigenvalue weighted by atomic mass is 128. The van der Waals surface area contributed by atoms with Gasteiger partial charge in [-0.1, -0.05) is 42.5 Å². The van der Waals surface area contributed by atoms with Gasteiger partial charge in [-0.15, -0.1) is 0 Å². The van der Waals surface area contributed by atoms with Crippen molar-refractivity contribution < 1.29 is 9.90 Å². The molecule has 14 heavy (non-hydrogen) atoms. The highest BCUT2D eigenvalue weighted by Gasteiger charge is 2.24. The van der Waals surface area contributed by atoms with E-state index in [1.807, 2.05) is 27.7 Å². The van der Waals surface area contributed by atoms with Gasteiger partial charge in [0.05, 0.1) is 6.42 Å². The number of carboxylic acids is 1. The first kappa shape index (κ1) is 24.3. The maximum atomic E-state index is 10.3. The number of aliphatic carboxylic acids is 1. The first-order chi connectivity index (χ1) is 5.36. The second kappa shape index (κ2) is 12.0. The highest BCUT2D eigenvalue weighted by molar-refractivity contribution is 15.0. The molecule has 0 aromatic rings. The van der Waals surface area contributed by atoms with E-state index in [1.54, 1.807) is 0 Å². The molecule has 0 fully saturated rings. The lowest BCUT2D eigenvalue weighted by Gasteiger charge is -2.26. The Morgan fingerprint density at radius 3 is 1.64 bits per heavy atom. The summed E-state index contributed by atoms with van der Waals surface area (Å²) in [6, 6.07) is 0. The lowest BCUT2D eigenvalue weighted by atomic mass is 9.78. The first-order valence-corrected chi connectivity index (χ1v) is 10.0. The molecule has 0 atom stereocenters. The number of rotatable bonds is 3. The van der Waals surface area contributed by atoms with E-state index in [-0.39, 0.29) is 26.7 Å². The van der Waals surface area contributed by atoms with Gasteiger partial charge in [0.1, 0.15) is 0 Å². The van der Waals surface area contributed by atoms with E-state index in [9.17, 15) is 4.79 Å². The first-order valence-electron chi connectivity index (χ1n) is 3.72. The third-order valence-corrected chi connectivity index (χ3v) is 2.17. The van der Waals surface area contributed by atoms with Gasteiger partial charge in [0, 0.05) is 37.2 Å². The van der Waals surface area contributed by atoms with Gasteiger partial charge in [0.2, 0.25) is 0 Å². The summed E-state index contributed by atoms with van der Waals surface area (Å²) >= 11 is 4.24. The van der Waals surface area contributed by atoms with Crippen molar-refractivity contribution in [1.29, 1.82) is 0 Å². The molecule has 0 bridgehead atoms. The minimum atomic E-state index is -0.710. The standard InChI is InChI=1S/C8H16O2.2CH4.I2/c1-6(2)8(3,4)5-7(9)10;;;1-2/h6H,5H2,1-4H3,(H,9,10);2*1H4;. The molecule has 0 spiro atoms. The van der Waals surface area contributed by atoms with Crippen LogP contribution in [0.2, 0.25) is 0 Å². The topological polar surface area (TPSA) is 37.3 Å². The largest absolute Gasteiger partial charge is 0.481 e. The van der Waals surface area contributed by atoms with Crippen LogP contribution in [0, 0.1) is 11.3 Å². The van der Waals surface area contributed by atoms with Gasteiger partial charge in [-0.25, -0.2) is 0 Å². The Kier molecular flexibility index (Phi) is 20.8. The molecule has 1 N–H and O–H groups in total. The Labute approximate surface area is 113 Å². The van der Waals surface area contributed by atoms with E-state index in [0.29, 0.717) is 5.92 Å². The number of hydrogen-bond acceptors (Lipinski definition) is 1. The monoisotopic (exact) mass is 430 g/mol. The van der Waals surface area contributed by atoms with E-state index < -0.39 is 5.97 Å². The molecule has 0 saturated heterocycles. The Morgan fingerprint density at radius 2 is 1.57 bits per heavy atom. The van der Waals surface area contributed by atoms with Gasteiger partial charge in [-0.3, -0.25) is 4.79 Å². The third-order valence-electron chi connectivity index (χ3n) is 2.17. The second-order valence-corrected chi connectivity index (χ2v) is 3.71. The van der Waals surface area contributed by atoms with Crippen LogP contribution in [0.3, 0.4) is 0 Å². The molecule has 0 unspecified atom stereocenters. The molecule has 0 aliphatic rings. The van der Waals surface area contributed by atoms with Crippen LogP contribution in [-0.2, 0) is 4.79 Å². The van der Waals surface area contributed by atoms with Crippen LogP contribution < -0.4 is 0 Å². The van der Waals surface area contributed by atoms with Crippen molar-refractivity contribution in [3.05, 3.63) is 0 Å². The molecule has 0 rings (SSSR count). The molecule has 0 amide bonds. The van der Waals surface area contributed by atoms with Gasteiger partial charge in [0.15, 0.2) is 0 Å². The molecular weight excluding hydrogens is 406 g/mol. The number of carboxylic acid groups (broad SMARTS) is 1. The van der Waals surface area contributed by atoms with Crippen LogP contribution >= 0.6 is 37.2 Å². The maximum absolute atomic E-state index is 10.3. The minimum absolute atomic E-state index is 0. The van der Waals surface area contributed by atoms with E-state index in [2.05, 4.69) is 37.2 Å². The summed E-state index contributed by atoms with van der Waals surface area (Å²) < 4.78 is 0. The molecule has 0 aliphatic carbocycles. The van der Waals surface area contributed by atoms with Crippen molar-refractivity contribution in [1.82, 2.24) is 0 Å². The zero-order chi connectivity index (χ0) is 10.4. The van der Waals surface area contributed by atoms with E-state index in [4.69, 9.17) is 5.11 Å². The van der Waals surface area contributed by atoms with E-state index >= 15 is 0 Å². The Balaban J connectivity index is -0.000000117. The van der Waals surface area contributed by atoms with Gasteiger partial charge in [-0.05, 0) is 11.3 Å². The molecule has 0 aromatic heterocycles. The zero-order valence-corrected chi connectivity index (χ0v) is 12.2. The normalized spacial score (nSPS) is 9.07. The molecule has 0 heterocycles. The molecule has 0 radical (unpaired) electrons. The second-order valence-electron chi connectivity index (χ2n) is 3.71. The number of carbonyl (C=O) groups is 1. The van der Waals surface area contributed by atoms with Crippen LogP contribution in [0.1, 0.15) is 49.0 Å². The molecule has 0 aliphatic heterocycles. The quantitative estimate of drug-likeness (QED) is 0.627. The van der Waals surface area contributed by atoms with Crippen molar-refractivity contribution in [2.24, 2.45) is 11.3 Å². The molecule has 0 saturated carbocycles. The average molecular weight is 430 g/mol. The van der Waals surface area contributed by atoms with Gasteiger partial charge < -0.3 is 5.11 Å². The van der Waals surface area contributed by atoms with Crippen molar-refractivity contribution in [2.45, 2.75) is 49.0 Å². The zero-order valence-electron chi connectivity index (χ0n) is 7.90. The minimum Gasteiger partial charge on any atom is -0.481 e. The van der Waals surface area contributed by atoms with Crippen LogP contribution in [-0.4, -0.2) is 11.1 Å². The molecular formula is C10H24I2O2. The predicted molar refractivity (Wildman–Crippen MR) is 82.4 cm³/mol. The fourth-order valence-corrected chi connectivity index (χ4v) is 0.594. The van der Waals surface area contributed by atoms with Crippen molar-refractivity contribution in [2.75, 3.05) is 0 Å². The fourth-order valence-electron chi connectivity index (χ4n) is 0.594. The molecule has 0 aromatic carbocycles. The Bertz CT molecular complexity index is 134. The van der Waals surface area contributed by atoms with Crippen LogP contribution in [0.5, 0.6) is 0 Å². The van der Waals surface area contributed by atoms with Gasteiger partial charge >= 0.3 is 5.97 Å². The van der Waals surface area contributed by atoms with E-state index in [1.165, 1.54) is 0 Å². The maximum Gasteiger partial charge on any atom is 0.303 e. The van der Waals surface area contributed by atoms with Gasteiger partial charge in [0.25, 0.3) is 0 Å². The van der Waals surface area contributed by atoms with Crippen molar-refractivity contribution in [3.63, 3.8) is 0 Å². The lowest BCUT2D eigenvalue weighted by molar-refractivity contribution is -0.139. The lowest BCUT2D eigenvalue weighted by Crippen LogP contribution is -2.22. The molecule has 90 valence electrons. The molecule has 2 nitrogen and oxygen atoms in total. The van der Waals surface area contributed by atoms with Crippen LogP contribution in [0.25, 0.3) is 0 Å². The molecule has 4 heteroatoms. The number of halogens is 2. The van der Waals surface area contributed by atoms with E-state index in [0.717, 1.165) is 0 Å². The fraction of sp³-hybridized carbons (Fsp3) is 0.900. The smallest absolute Gasteiger partial charge is 0.303 e. The summed E-state index contributed by atoms with van der Waals surface area (Å²) in [4.78, 5) is 10.3. The summed E-state index contributed by atoms with van der Waals surface area (Å²) in [6.45, 7) is 8.05. The SMILES string of the molecule is C.C.CC(C)C(C)(C)CC(=O)O.II. The Morgan fingerprint density at radius 1 is 1.29 bits per heavy atom. The van der Waals surface area contributed by atoms with Crippen LogP contribution in [0.4, 0.5) is 0 Å². The Hall–Kier alpha value is 0.930. The third kappa shape index (κ3) is 12.9. The summed E-state index contributed by atoms with van der Waals surface area (Å²) in [5, 5.41) is 8.50. The van der Waals surface area contributed by atoms with Crippen molar-refractivity contribution >= 4 is 43.2 Å². The summed E-state index contributed by atoms with van der Waals surface area (Å²) in [7, 11) is 0. The summed E-state index contributed by atoms with van der Waals surface area (Å²) in [6.07, 6.45) is 0.255. The number of hydrogen-bond donors (Lipinski definition) is 1.